The Morgan fingerprint density at radius 3 is 2.13 bits per heavy atom. The lowest BCUT2D eigenvalue weighted by atomic mass is 10.1. The Balaban J connectivity index is 2.03. The highest BCUT2D eigenvalue weighted by atomic mass is 28.3. The number of hydrazone groups is 1. The van der Waals surface area contributed by atoms with E-state index in [9.17, 15) is 4.79 Å². The van der Waals surface area contributed by atoms with Crippen molar-refractivity contribution < 1.29 is 4.79 Å². The van der Waals surface area contributed by atoms with Crippen molar-refractivity contribution in [2.24, 2.45) is 5.10 Å². The van der Waals surface area contributed by atoms with E-state index >= 15 is 0 Å². The van der Waals surface area contributed by atoms with Gasteiger partial charge in [0, 0.05) is 24.2 Å². The van der Waals surface area contributed by atoms with Gasteiger partial charge in [-0.05, 0) is 24.6 Å². The SMILES string of the molecule is CC(CC(=O)Cc1ccccc1)=NN(c1ccccc1)[SiH](C)C. The number of Topliss-reactive ketones (excluding diaryl/α,β-unsaturated/α-hetero) is 1. The van der Waals surface area contributed by atoms with E-state index in [4.69, 9.17) is 5.10 Å². The molecule has 0 radical (unpaired) electrons. The van der Waals surface area contributed by atoms with Crippen molar-refractivity contribution >= 4 is 26.1 Å². The number of nitrogens with zero attached hydrogens (tertiary/aromatic N) is 2. The van der Waals surface area contributed by atoms with Crippen molar-refractivity contribution in [2.75, 3.05) is 4.67 Å². The molecular formula is C19H24N2OSi. The maximum atomic E-state index is 12.2. The molecule has 0 N–H and O–H groups in total. The highest BCUT2D eigenvalue weighted by Gasteiger charge is 2.12. The molecule has 0 saturated carbocycles. The van der Waals surface area contributed by atoms with Gasteiger partial charge >= 0.3 is 0 Å². The first kappa shape index (κ1) is 17.2. The van der Waals surface area contributed by atoms with Crippen LogP contribution in [0.1, 0.15) is 18.9 Å². The minimum atomic E-state index is -1.15. The van der Waals surface area contributed by atoms with E-state index < -0.39 is 8.96 Å². The predicted molar refractivity (Wildman–Crippen MR) is 101 cm³/mol. The van der Waals surface area contributed by atoms with Crippen LogP contribution in [0.2, 0.25) is 13.1 Å². The normalized spacial score (nSPS) is 11.6. The quantitative estimate of drug-likeness (QED) is 0.437. The van der Waals surface area contributed by atoms with Gasteiger partial charge in [0.2, 0.25) is 0 Å². The Bertz CT molecular complexity index is 654. The first-order valence-electron chi connectivity index (χ1n) is 8.00. The van der Waals surface area contributed by atoms with Crippen molar-refractivity contribution in [1.29, 1.82) is 0 Å². The highest BCUT2D eigenvalue weighted by molar-refractivity contribution is 6.60. The van der Waals surface area contributed by atoms with E-state index in [0.717, 1.165) is 17.0 Å². The van der Waals surface area contributed by atoms with Crippen LogP contribution in [-0.2, 0) is 11.2 Å². The monoisotopic (exact) mass is 324 g/mol. The molecule has 2 aromatic carbocycles. The lowest BCUT2D eigenvalue weighted by molar-refractivity contribution is -0.117. The van der Waals surface area contributed by atoms with Gasteiger partial charge in [-0.25, -0.2) is 0 Å². The van der Waals surface area contributed by atoms with Crippen LogP contribution < -0.4 is 4.67 Å². The van der Waals surface area contributed by atoms with Crippen molar-refractivity contribution in [2.45, 2.75) is 32.9 Å². The van der Waals surface area contributed by atoms with Gasteiger partial charge in [-0.3, -0.25) is 9.47 Å². The Kier molecular flexibility index (Phi) is 6.29. The second-order valence-electron chi connectivity index (χ2n) is 5.99. The molecule has 4 heteroatoms. The Morgan fingerprint density at radius 2 is 1.57 bits per heavy atom. The van der Waals surface area contributed by atoms with Crippen molar-refractivity contribution in [3.05, 3.63) is 66.2 Å². The standard InChI is InChI=1S/C19H24N2OSi/c1-16(14-19(22)15-17-10-6-4-7-11-17)20-21(23(2)3)18-12-8-5-9-13-18/h4-13,23H,14-15H2,1-3H3. The first-order valence-corrected chi connectivity index (χ1v) is 10.8. The average Bonchev–Trinajstić information content (AvgIpc) is 2.54. The number of hydrogen-bond donors (Lipinski definition) is 0. The number of para-hydroxylation sites is 1. The van der Waals surface area contributed by atoms with Crippen LogP contribution in [0.15, 0.2) is 65.8 Å². The van der Waals surface area contributed by atoms with Gasteiger partial charge in [0.05, 0.1) is 0 Å². The Labute approximate surface area is 140 Å². The van der Waals surface area contributed by atoms with E-state index in [0.29, 0.717) is 12.8 Å². The summed E-state index contributed by atoms with van der Waals surface area (Å²) in [6.07, 6.45) is 0.873. The number of anilines is 1. The van der Waals surface area contributed by atoms with Gasteiger partial charge in [0.1, 0.15) is 5.78 Å². The van der Waals surface area contributed by atoms with Crippen LogP contribution in [0.4, 0.5) is 5.69 Å². The highest BCUT2D eigenvalue weighted by Crippen LogP contribution is 2.16. The van der Waals surface area contributed by atoms with Crippen LogP contribution in [0, 0.1) is 0 Å². The Hall–Kier alpha value is -2.20. The zero-order valence-corrected chi connectivity index (χ0v) is 15.2. The third kappa shape index (κ3) is 5.49. The summed E-state index contributed by atoms with van der Waals surface area (Å²) in [5, 5.41) is 4.72. The fourth-order valence-electron chi connectivity index (χ4n) is 2.44. The molecule has 0 unspecified atom stereocenters. The van der Waals surface area contributed by atoms with Crippen LogP contribution in [0.3, 0.4) is 0 Å². The molecule has 0 spiro atoms. The molecule has 3 nitrogen and oxygen atoms in total. The molecule has 0 atom stereocenters. The molecule has 23 heavy (non-hydrogen) atoms. The van der Waals surface area contributed by atoms with Gasteiger partial charge in [0.15, 0.2) is 8.96 Å². The van der Waals surface area contributed by atoms with E-state index in [1.807, 2.05) is 55.5 Å². The third-order valence-corrected chi connectivity index (χ3v) is 4.88. The molecular weight excluding hydrogens is 300 g/mol. The summed E-state index contributed by atoms with van der Waals surface area (Å²) >= 11 is 0. The first-order chi connectivity index (χ1) is 11.1. The molecule has 0 aliphatic carbocycles. The van der Waals surface area contributed by atoms with Gasteiger partial charge in [0.25, 0.3) is 0 Å². The summed E-state index contributed by atoms with van der Waals surface area (Å²) < 4.78 is 2.10. The lowest BCUT2D eigenvalue weighted by Gasteiger charge is -2.24. The van der Waals surface area contributed by atoms with E-state index in [1.54, 1.807) is 0 Å². The Morgan fingerprint density at radius 1 is 1.00 bits per heavy atom. The number of benzene rings is 2. The molecule has 2 rings (SSSR count). The van der Waals surface area contributed by atoms with Gasteiger partial charge in [-0.1, -0.05) is 61.6 Å². The van der Waals surface area contributed by atoms with Crippen molar-refractivity contribution in [3.63, 3.8) is 0 Å². The smallest absolute Gasteiger partial charge is 0.164 e. The molecule has 0 bridgehead atoms. The molecule has 0 amide bonds. The van der Waals surface area contributed by atoms with E-state index in [-0.39, 0.29) is 5.78 Å². The van der Waals surface area contributed by atoms with Crippen LogP contribution in [0.5, 0.6) is 0 Å². The van der Waals surface area contributed by atoms with Crippen LogP contribution in [0.25, 0.3) is 0 Å². The topological polar surface area (TPSA) is 32.7 Å². The summed E-state index contributed by atoms with van der Waals surface area (Å²) in [7, 11) is -1.15. The summed E-state index contributed by atoms with van der Waals surface area (Å²) in [4.78, 5) is 12.2. The molecule has 0 aliphatic rings. The molecule has 0 saturated heterocycles. The molecule has 2 aromatic rings. The van der Waals surface area contributed by atoms with Crippen LogP contribution >= 0.6 is 0 Å². The van der Waals surface area contributed by atoms with Crippen molar-refractivity contribution in [1.82, 2.24) is 0 Å². The fourth-order valence-corrected chi connectivity index (χ4v) is 3.64. The van der Waals surface area contributed by atoms with Crippen LogP contribution in [-0.4, -0.2) is 20.5 Å². The number of carbonyl (C=O) groups excluding carboxylic acids is 1. The molecule has 0 heterocycles. The maximum Gasteiger partial charge on any atom is 0.164 e. The number of ketones is 1. The molecule has 120 valence electrons. The molecule has 0 aliphatic heterocycles. The zero-order chi connectivity index (χ0) is 16.7. The second kappa shape index (κ2) is 8.43. The molecule has 0 fully saturated rings. The summed E-state index contributed by atoms with van der Waals surface area (Å²) in [6, 6.07) is 20.0. The van der Waals surface area contributed by atoms with Gasteiger partial charge < -0.3 is 0 Å². The average molecular weight is 325 g/mol. The largest absolute Gasteiger partial charge is 0.299 e. The minimum absolute atomic E-state index is 0.205. The van der Waals surface area contributed by atoms with E-state index in [2.05, 4.69) is 29.9 Å². The summed E-state index contributed by atoms with van der Waals surface area (Å²) in [6.45, 7) is 6.40. The number of hydrogen-bond acceptors (Lipinski definition) is 3. The van der Waals surface area contributed by atoms with Gasteiger partial charge in [-0.15, -0.1) is 0 Å². The van der Waals surface area contributed by atoms with Gasteiger partial charge in [-0.2, -0.15) is 5.10 Å². The maximum absolute atomic E-state index is 12.2. The number of carbonyl (C=O) groups is 1. The predicted octanol–water partition coefficient (Wildman–Crippen LogP) is 4.05. The molecule has 0 aromatic heterocycles. The fraction of sp³-hybridized carbons (Fsp3) is 0.263. The van der Waals surface area contributed by atoms with Crippen molar-refractivity contribution in [3.8, 4) is 0 Å². The second-order valence-corrected chi connectivity index (χ2v) is 8.66. The lowest BCUT2D eigenvalue weighted by Crippen LogP contribution is -2.30. The third-order valence-electron chi connectivity index (χ3n) is 3.49. The zero-order valence-electron chi connectivity index (χ0n) is 14.1. The summed E-state index contributed by atoms with van der Waals surface area (Å²) in [5.74, 6) is 0.205. The van der Waals surface area contributed by atoms with E-state index in [1.165, 1.54) is 0 Å². The summed E-state index contributed by atoms with van der Waals surface area (Å²) in [5.41, 5.74) is 3.03. The number of rotatable bonds is 7. The minimum Gasteiger partial charge on any atom is -0.299 e.